The summed E-state index contributed by atoms with van der Waals surface area (Å²) in [7, 11) is 0. The van der Waals surface area contributed by atoms with Crippen LogP contribution >= 0.6 is 0 Å². The van der Waals surface area contributed by atoms with E-state index in [1.165, 1.54) is 0 Å². The molecule has 0 spiro atoms. The van der Waals surface area contributed by atoms with E-state index < -0.39 is 0 Å². The highest BCUT2D eigenvalue weighted by atomic mass is 16.4. The van der Waals surface area contributed by atoms with Crippen LogP contribution < -0.4 is 5.73 Å². The predicted octanol–water partition coefficient (Wildman–Crippen LogP) is 1.02. The van der Waals surface area contributed by atoms with Crippen molar-refractivity contribution in [2.75, 3.05) is 0 Å². The average Bonchev–Trinajstić information content (AvgIpc) is 1.84. The highest BCUT2D eigenvalue weighted by Crippen LogP contribution is 2.08. The van der Waals surface area contributed by atoms with Crippen molar-refractivity contribution in [3.8, 4) is 0 Å². The Hall–Kier alpha value is -0.730. The molecule has 0 radical (unpaired) electrons. The quantitative estimate of drug-likeness (QED) is 0.254. The summed E-state index contributed by atoms with van der Waals surface area (Å²) in [5, 5.41) is 11.1. The summed E-state index contributed by atoms with van der Waals surface area (Å²) in [6.45, 7) is 5.99. The van der Waals surface area contributed by atoms with Crippen molar-refractivity contribution in [3.05, 3.63) is 0 Å². The van der Waals surface area contributed by atoms with Gasteiger partial charge in [0.1, 0.15) is 5.84 Å². The Morgan fingerprint density at radius 2 is 1.89 bits per heavy atom. The Morgan fingerprint density at radius 1 is 1.44 bits per heavy atom. The molecule has 0 aromatic heterocycles. The molecule has 0 unspecified atom stereocenters. The van der Waals surface area contributed by atoms with Gasteiger partial charge in [-0.2, -0.15) is 0 Å². The summed E-state index contributed by atoms with van der Waals surface area (Å²) >= 11 is 0. The molecule has 0 bridgehead atoms. The maximum absolute atomic E-state index is 8.22. The van der Waals surface area contributed by atoms with E-state index >= 15 is 0 Å². The molecule has 0 heterocycles. The highest BCUT2D eigenvalue weighted by molar-refractivity contribution is 5.81. The number of rotatable bonds is 2. The van der Waals surface area contributed by atoms with E-state index in [9.17, 15) is 0 Å². The number of nitrogens with two attached hydrogens (primary N) is 1. The van der Waals surface area contributed by atoms with Gasteiger partial charge in [0.25, 0.3) is 0 Å². The molecule has 0 rings (SSSR count). The van der Waals surface area contributed by atoms with Gasteiger partial charge in [-0.25, -0.2) is 0 Å². The summed E-state index contributed by atoms with van der Waals surface area (Å²) in [5.74, 6) is 0.904. The fourth-order valence-electron chi connectivity index (χ4n) is 0.433. The maximum Gasteiger partial charge on any atom is 0.142 e. The van der Waals surface area contributed by atoms with Crippen LogP contribution in [-0.2, 0) is 0 Å². The second-order valence-corrected chi connectivity index (χ2v) is 2.56. The molecule has 0 aliphatic carbocycles. The Balaban J connectivity index is 3.88. The fourth-order valence-corrected chi connectivity index (χ4v) is 0.433. The van der Waals surface area contributed by atoms with Crippen molar-refractivity contribution in [2.24, 2.45) is 22.7 Å². The fraction of sp³-hybridized carbons (Fsp3) is 0.833. The first kappa shape index (κ1) is 8.27. The van der Waals surface area contributed by atoms with Crippen LogP contribution in [0.4, 0.5) is 0 Å². The molecule has 0 aromatic rings. The van der Waals surface area contributed by atoms with E-state index in [1.807, 2.05) is 20.8 Å². The minimum absolute atomic E-state index is 0.162. The number of nitrogens with zero attached hydrogens (tertiary/aromatic N) is 1. The van der Waals surface area contributed by atoms with Gasteiger partial charge in [0.2, 0.25) is 0 Å². The molecule has 54 valence electrons. The zero-order valence-corrected chi connectivity index (χ0v) is 6.13. The zero-order chi connectivity index (χ0) is 7.44. The van der Waals surface area contributed by atoms with Crippen molar-refractivity contribution in [1.29, 1.82) is 0 Å². The second-order valence-electron chi connectivity index (χ2n) is 2.56. The first-order chi connectivity index (χ1) is 4.09. The van der Waals surface area contributed by atoms with Crippen LogP contribution in [0.15, 0.2) is 5.16 Å². The van der Waals surface area contributed by atoms with Gasteiger partial charge in [-0.05, 0) is 5.92 Å². The topological polar surface area (TPSA) is 58.6 Å². The molecule has 0 amide bonds. The van der Waals surface area contributed by atoms with E-state index in [1.54, 1.807) is 0 Å². The first-order valence-corrected chi connectivity index (χ1v) is 3.07. The van der Waals surface area contributed by atoms with Crippen LogP contribution in [0.3, 0.4) is 0 Å². The van der Waals surface area contributed by atoms with Crippen LogP contribution in [0.2, 0.25) is 0 Å². The number of hydrogen-bond acceptors (Lipinski definition) is 2. The normalized spacial score (nSPS) is 16.2. The molecule has 0 aliphatic heterocycles. The molecule has 0 saturated heterocycles. The van der Waals surface area contributed by atoms with Gasteiger partial charge in [0.15, 0.2) is 0 Å². The molecule has 1 atom stereocenters. The molecule has 0 saturated carbocycles. The van der Waals surface area contributed by atoms with Crippen LogP contribution in [0.5, 0.6) is 0 Å². The van der Waals surface area contributed by atoms with E-state index in [0.29, 0.717) is 11.8 Å². The van der Waals surface area contributed by atoms with Gasteiger partial charge in [-0.1, -0.05) is 25.9 Å². The molecule has 9 heavy (non-hydrogen) atoms. The lowest BCUT2D eigenvalue weighted by atomic mass is 9.97. The molecule has 0 aromatic carbocycles. The van der Waals surface area contributed by atoms with Crippen LogP contribution in [0, 0.1) is 11.8 Å². The van der Waals surface area contributed by atoms with Crippen LogP contribution in [-0.4, -0.2) is 11.0 Å². The van der Waals surface area contributed by atoms with E-state index in [0.717, 1.165) is 0 Å². The van der Waals surface area contributed by atoms with Gasteiger partial charge in [-0.15, -0.1) is 0 Å². The Labute approximate surface area is 55.5 Å². The maximum atomic E-state index is 8.22. The minimum atomic E-state index is 0.162. The lowest BCUT2D eigenvalue weighted by Gasteiger charge is -2.12. The largest absolute Gasteiger partial charge is 0.409 e. The van der Waals surface area contributed by atoms with Crippen LogP contribution in [0.1, 0.15) is 20.8 Å². The highest BCUT2D eigenvalue weighted by Gasteiger charge is 2.10. The molecular weight excluding hydrogens is 116 g/mol. The molecule has 0 fully saturated rings. The van der Waals surface area contributed by atoms with Gasteiger partial charge in [-0.3, -0.25) is 0 Å². The zero-order valence-electron chi connectivity index (χ0n) is 6.13. The third-order valence-electron chi connectivity index (χ3n) is 1.58. The molecule has 3 nitrogen and oxygen atoms in total. The van der Waals surface area contributed by atoms with Crippen molar-refractivity contribution < 1.29 is 5.21 Å². The number of oxime groups is 1. The molecule has 3 heteroatoms. The molecule has 3 N–H and O–H groups in total. The standard InChI is InChI=1S/C6H14N2O/c1-4(2)5(3)6(7)8-9/h4-5,9H,1-3H3,(H2,7,8)/t5-/m1/s1. The van der Waals surface area contributed by atoms with Crippen LogP contribution in [0.25, 0.3) is 0 Å². The monoisotopic (exact) mass is 130 g/mol. The summed E-state index contributed by atoms with van der Waals surface area (Å²) in [4.78, 5) is 0. The van der Waals surface area contributed by atoms with Crippen molar-refractivity contribution in [3.63, 3.8) is 0 Å². The first-order valence-electron chi connectivity index (χ1n) is 3.07. The van der Waals surface area contributed by atoms with Gasteiger partial charge < -0.3 is 10.9 Å². The summed E-state index contributed by atoms with van der Waals surface area (Å²) in [5.41, 5.74) is 5.32. The molecular formula is C6H14N2O. The summed E-state index contributed by atoms with van der Waals surface area (Å²) in [6, 6.07) is 0. The lowest BCUT2D eigenvalue weighted by molar-refractivity contribution is 0.311. The number of hydrogen-bond donors (Lipinski definition) is 2. The average molecular weight is 130 g/mol. The van der Waals surface area contributed by atoms with Crippen molar-refractivity contribution in [1.82, 2.24) is 0 Å². The van der Waals surface area contributed by atoms with E-state index in [-0.39, 0.29) is 5.92 Å². The number of amidine groups is 1. The van der Waals surface area contributed by atoms with Crippen molar-refractivity contribution >= 4 is 5.84 Å². The Kier molecular flexibility index (Phi) is 3.06. The lowest BCUT2D eigenvalue weighted by Crippen LogP contribution is -2.25. The Morgan fingerprint density at radius 3 is 2.00 bits per heavy atom. The smallest absolute Gasteiger partial charge is 0.142 e. The summed E-state index contributed by atoms with van der Waals surface area (Å²) in [6.07, 6.45) is 0. The molecule has 0 aliphatic rings. The van der Waals surface area contributed by atoms with Gasteiger partial charge in [0, 0.05) is 5.92 Å². The van der Waals surface area contributed by atoms with E-state index in [4.69, 9.17) is 10.9 Å². The minimum Gasteiger partial charge on any atom is -0.409 e. The van der Waals surface area contributed by atoms with Gasteiger partial charge >= 0.3 is 0 Å². The Bertz CT molecular complexity index is 110. The van der Waals surface area contributed by atoms with Gasteiger partial charge in [0.05, 0.1) is 0 Å². The second kappa shape index (κ2) is 3.33. The third-order valence-corrected chi connectivity index (χ3v) is 1.58. The summed E-state index contributed by atoms with van der Waals surface area (Å²) < 4.78 is 0. The predicted molar refractivity (Wildman–Crippen MR) is 37.4 cm³/mol. The SMILES string of the molecule is CC(C)[C@@H](C)C(N)=NO. The van der Waals surface area contributed by atoms with E-state index in [2.05, 4.69) is 5.16 Å². The third kappa shape index (κ3) is 2.35. The van der Waals surface area contributed by atoms with Crippen molar-refractivity contribution in [2.45, 2.75) is 20.8 Å².